The lowest BCUT2D eigenvalue weighted by Gasteiger charge is -2.37. The number of hydrogen-bond donors (Lipinski definition) is 2. The predicted octanol–water partition coefficient (Wildman–Crippen LogP) is 0.308. The SMILES string of the molecule is Cc1cc(NC(=O)[C@H](C)N2CCN(C[C@H](C)O)CC2)on1. The van der Waals surface area contributed by atoms with Crippen LogP contribution >= 0.6 is 0 Å². The molecule has 1 fully saturated rings. The Balaban J connectivity index is 1.81. The molecule has 1 amide bonds. The fraction of sp³-hybridized carbons (Fsp3) is 0.714. The van der Waals surface area contributed by atoms with E-state index in [-0.39, 0.29) is 18.1 Å². The van der Waals surface area contributed by atoms with Crippen LogP contribution in [-0.4, -0.2) is 70.8 Å². The van der Waals surface area contributed by atoms with E-state index in [9.17, 15) is 9.90 Å². The smallest absolute Gasteiger partial charge is 0.243 e. The summed E-state index contributed by atoms with van der Waals surface area (Å²) in [5, 5.41) is 15.9. The van der Waals surface area contributed by atoms with E-state index in [0.717, 1.165) is 31.9 Å². The highest BCUT2D eigenvalue weighted by molar-refractivity contribution is 5.93. The normalized spacial score (nSPS) is 20.2. The summed E-state index contributed by atoms with van der Waals surface area (Å²) in [6.07, 6.45) is -0.313. The molecule has 1 aromatic rings. The number of aryl methyl sites for hydroxylation is 1. The number of rotatable bonds is 5. The Bertz CT molecular complexity index is 467. The molecule has 0 bridgehead atoms. The van der Waals surface area contributed by atoms with E-state index in [1.807, 2.05) is 13.8 Å². The lowest BCUT2D eigenvalue weighted by Crippen LogP contribution is -2.53. The maximum absolute atomic E-state index is 12.2. The van der Waals surface area contributed by atoms with Crippen LogP contribution in [0.25, 0.3) is 0 Å². The molecule has 0 unspecified atom stereocenters. The van der Waals surface area contributed by atoms with Crippen molar-refractivity contribution in [3.63, 3.8) is 0 Å². The van der Waals surface area contributed by atoms with Crippen LogP contribution in [0.15, 0.2) is 10.6 Å². The van der Waals surface area contributed by atoms with E-state index in [4.69, 9.17) is 4.52 Å². The second kappa shape index (κ2) is 7.02. The Hall–Kier alpha value is -1.44. The third-order valence-electron chi connectivity index (χ3n) is 3.73. The molecule has 0 spiro atoms. The second-order valence-corrected chi connectivity index (χ2v) is 5.68. The number of piperazine rings is 1. The van der Waals surface area contributed by atoms with Crippen molar-refractivity contribution >= 4 is 11.8 Å². The first-order chi connectivity index (χ1) is 9.95. The van der Waals surface area contributed by atoms with Crippen molar-refractivity contribution in [1.29, 1.82) is 0 Å². The average Bonchev–Trinajstić information content (AvgIpc) is 2.83. The fourth-order valence-corrected chi connectivity index (χ4v) is 2.52. The van der Waals surface area contributed by atoms with Gasteiger partial charge in [0.15, 0.2) is 0 Å². The molecule has 1 aromatic heterocycles. The highest BCUT2D eigenvalue weighted by Crippen LogP contribution is 2.12. The van der Waals surface area contributed by atoms with Crippen LogP contribution in [0.2, 0.25) is 0 Å². The van der Waals surface area contributed by atoms with Gasteiger partial charge in [-0.2, -0.15) is 0 Å². The number of aliphatic hydroxyl groups excluding tert-OH is 1. The zero-order valence-corrected chi connectivity index (χ0v) is 12.9. The minimum absolute atomic E-state index is 0.0878. The third kappa shape index (κ3) is 4.52. The van der Waals surface area contributed by atoms with Gasteiger partial charge in [0, 0.05) is 38.8 Å². The second-order valence-electron chi connectivity index (χ2n) is 5.68. The summed E-state index contributed by atoms with van der Waals surface area (Å²) in [7, 11) is 0. The molecule has 0 radical (unpaired) electrons. The molecule has 118 valence electrons. The van der Waals surface area contributed by atoms with Gasteiger partial charge in [-0.3, -0.25) is 19.9 Å². The number of hydrogen-bond acceptors (Lipinski definition) is 6. The number of anilines is 1. The molecule has 2 atom stereocenters. The molecule has 0 aromatic carbocycles. The lowest BCUT2D eigenvalue weighted by molar-refractivity contribution is -0.121. The largest absolute Gasteiger partial charge is 0.392 e. The van der Waals surface area contributed by atoms with Crippen LogP contribution in [0.5, 0.6) is 0 Å². The Morgan fingerprint density at radius 3 is 2.62 bits per heavy atom. The predicted molar refractivity (Wildman–Crippen MR) is 79.0 cm³/mol. The van der Waals surface area contributed by atoms with Crippen LogP contribution in [0, 0.1) is 6.92 Å². The van der Waals surface area contributed by atoms with E-state index in [1.165, 1.54) is 0 Å². The highest BCUT2D eigenvalue weighted by atomic mass is 16.5. The quantitative estimate of drug-likeness (QED) is 0.814. The summed E-state index contributed by atoms with van der Waals surface area (Å²) in [6, 6.07) is 1.48. The monoisotopic (exact) mass is 296 g/mol. The zero-order valence-electron chi connectivity index (χ0n) is 12.9. The Labute approximate surface area is 124 Å². The van der Waals surface area contributed by atoms with E-state index in [1.54, 1.807) is 13.0 Å². The van der Waals surface area contributed by atoms with E-state index in [0.29, 0.717) is 12.4 Å². The minimum Gasteiger partial charge on any atom is -0.392 e. The highest BCUT2D eigenvalue weighted by Gasteiger charge is 2.26. The van der Waals surface area contributed by atoms with Crippen LogP contribution in [0.3, 0.4) is 0 Å². The van der Waals surface area contributed by atoms with E-state index in [2.05, 4.69) is 20.3 Å². The first-order valence-corrected chi connectivity index (χ1v) is 7.34. The first-order valence-electron chi connectivity index (χ1n) is 7.34. The Morgan fingerprint density at radius 1 is 1.43 bits per heavy atom. The van der Waals surface area contributed by atoms with Gasteiger partial charge in [0.25, 0.3) is 0 Å². The molecule has 7 nitrogen and oxygen atoms in total. The number of aromatic nitrogens is 1. The third-order valence-corrected chi connectivity index (χ3v) is 3.73. The average molecular weight is 296 g/mol. The van der Waals surface area contributed by atoms with Gasteiger partial charge in [-0.25, -0.2) is 0 Å². The Morgan fingerprint density at radius 2 is 2.10 bits per heavy atom. The first kappa shape index (κ1) is 15.9. The summed E-state index contributed by atoms with van der Waals surface area (Å²) >= 11 is 0. The van der Waals surface area contributed by atoms with Gasteiger partial charge >= 0.3 is 0 Å². The van der Waals surface area contributed by atoms with Gasteiger partial charge in [0.1, 0.15) is 0 Å². The van der Waals surface area contributed by atoms with Crippen LogP contribution in [-0.2, 0) is 4.79 Å². The topological polar surface area (TPSA) is 81.8 Å². The summed E-state index contributed by atoms with van der Waals surface area (Å²) in [4.78, 5) is 16.5. The Kier molecular flexibility index (Phi) is 5.33. The number of amides is 1. The molecular formula is C14H24N4O3. The van der Waals surface area contributed by atoms with Gasteiger partial charge in [0.05, 0.1) is 17.8 Å². The molecule has 2 N–H and O–H groups in total. The number of aliphatic hydroxyl groups is 1. The van der Waals surface area contributed by atoms with E-state index < -0.39 is 0 Å². The number of carbonyl (C=O) groups excluding carboxylic acids is 1. The maximum atomic E-state index is 12.2. The molecule has 1 aliphatic rings. The summed E-state index contributed by atoms with van der Waals surface area (Å²) in [5.74, 6) is 0.298. The van der Waals surface area contributed by atoms with Crippen LogP contribution in [0.1, 0.15) is 19.5 Å². The van der Waals surface area contributed by atoms with Crippen LogP contribution < -0.4 is 5.32 Å². The molecule has 1 aliphatic heterocycles. The number of carbonyl (C=O) groups is 1. The zero-order chi connectivity index (χ0) is 15.4. The summed E-state index contributed by atoms with van der Waals surface area (Å²) in [6.45, 7) is 9.54. The standard InChI is InChI=1S/C14H24N4O3/c1-10-8-13(21-16-10)15-14(20)12(3)18-6-4-17(5-7-18)9-11(2)19/h8,11-12,19H,4-7,9H2,1-3H3,(H,15,20)/t11-,12-/m0/s1. The molecule has 21 heavy (non-hydrogen) atoms. The van der Waals surface area contributed by atoms with Gasteiger partial charge < -0.3 is 9.63 Å². The van der Waals surface area contributed by atoms with Crippen molar-refractivity contribution in [2.45, 2.75) is 32.9 Å². The fourth-order valence-electron chi connectivity index (χ4n) is 2.52. The number of nitrogens with one attached hydrogen (secondary N) is 1. The van der Waals surface area contributed by atoms with Gasteiger partial charge in [-0.05, 0) is 20.8 Å². The van der Waals surface area contributed by atoms with Crippen molar-refractivity contribution in [3.05, 3.63) is 11.8 Å². The molecule has 2 heterocycles. The molecule has 0 saturated carbocycles. The molecule has 0 aliphatic carbocycles. The summed E-state index contributed by atoms with van der Waals surface area (Å²) < 4.78 is 5.00. The van der Waals surface area contributed by atoms with Gasteiger partial charge in [0.2, 0.25) is 11.8 Å². The maximum Gasteiger partial charge on any atom is 0.243 e. The van der Waals surface area contributed by atoms with Crippen LogP contribution in [0.4, 0.5) is 5.88 Å². The van der Waals surface area contributed by atoms with Crippen molar-refractivity contribution in [3.8, 4) is 0 Å². The van der Waals surface area contributed by atoms with Crippen molar-refractivity contribution in [1.82, 2.24) is 15.0 Å². The molecule has 2 rings (SSSR count). The number of nitrogens with zero attached hydrogens (tertiary/aromatic N) is 3. The number of β-amino-alcohol motifs (C(OH)–C–C–N with tert-alkyl or cyclic N) is 1. The molecular weight excluding hydrogens is 272 g/mol. The van der Waals surface area contributed by atoms with Gasteiger partial charge in [-0.1, -0.05) is 5.16 Å². The van der Waals surface area contributed by atoms with E-state index >= 15 is 0 Å². The van der Waals surface area contributed by atoms with Gasteiger partial charge in [-0.15, -0.1) is 0 Å². The van der Waals surface area contributed by atoms with Crippen molar-refractivity contribution in [2.75, 3.05) is 38.0 Å². The summed E-state index contributed by atoms with van der Waals surface area (Å²) in [5.41, 5.74) is 0.740. The molecule has 1 saturated heterocycles. The van der Waals surface area contributed by atoms with Crippen molar-refractivity contribution in [2.24, 2.45) is 0 Å². The van der Waals surface area contributed by atoms with Crippen molar-refractivity contribution < 1.29 is 14.4 Å². The molecule has 7 heteroatoms. The minimum atomic E-state index is -0.313. The lowest BCUT2D eigenvalue weighted by atomic mass is 10.2.